The van der Waals surface area contributed by atoms with Gasteiger partial charge in [-0.25, -0.2) is 4.98 Å². The van der Waals surface area contributed by atoms with Crippen LogP contribution >= 0.6 is 0 Å². The number of halogens is 3. The van der Waals surface area contributed by atoms with Gasteiger partial charge in [0.25, 0.3) is 0 Å². The Morgan fingerprint density at radius 2 is 1.73 bits per heavy atom. The van der Waals surface area contributed by atoms with Gasteiger partial charge >= 0.3 is 6.18 Å². The van der Waals surface area contributed by atoms with Crippen LogP contribution in [0, 0.1) is 20.8 Å². The largest absolute Gasteiger partial charge is 0.452 e. The lowest BCUT2D eigenvalue weighted by Gasteiger charge is -2.14. The van der Waals surface area contributed by atoms with Crippen molar-refractivity contribution in [2.45, 2.75) is 26.9 Å². The summed E-state index contributed by atoms with van der Waals surface area (Å²) in [5.41, 5.74) is 1.44. The maximum Gasteiger partial charge on any atom is 0.416 e. The molecule has 6 heteroatoms. The van der Waals surface area contributed by atoms with Crippen LogP contribution in [0.3, 0.4) is 0 Å². The fourth-order valence-corrected chi connectivity index (χ4v) is 2.43. The maximum absolute atomic E-state index is 12.8. The van der Waals surface area contributed by atoms with Gasteiger partial charge in [-0.1, -0.05) is 0 Å². The Labute approximate surface area is 123 Å². The Bertz CT molecular complexity index is 925. The Kier molecular flexibility index (Phi) is 3.02. The van der Waals surface area contributed by atoms with Gasteiger partial charge in [-0.2, -0.15) is 13.2 Å². The number of rotatable bonds is 0. The van der Waals surface area contributed by atoms with Crippen molar-refractivity contribution in [1.29, 1.82) is 0 Å². The third kappa shape index (κ3) is 2.06. The summed E-state index contributed by atoms with van der Waals surface area (Å²) >= 11 is 0. The molecule has 22 heavy (non-hydrogen) atoms. The molecule has 0 N–H and O–H groups in total. The molecule has 0 aromatic heterocycles. The molecular formula is C16H12F3NO2. The molecule has 3 rings (SSSR count). The van der Waals surface area contributed by atoms with Crippen molar-refractivity contribution in [1.82, 2.24) is 4.98 Å². The molecule has 0 unspecified atom stereocenters. The van der Waals surface area contributed by atoms with Gasteiger partial charge in [0.1, 0.15) is 11.2 Å². The molecule has 3 nitrogen and oxygen atoms in total. The lowest BCUT2D eigenvalue weighted by molar-refractivity contribution is -0.137. The van der Waals surface area contributed by atoms with Crippen molar-refractivity contribution in [3.8, 4) is 11.5 Å². The highest BCUT2D eigenvalue weighted by atomic mass is 19.4. The van der Waals surface area contributed by atoms with E-state index >= 15 is 0 Å². The van der Waals surface area contributed by atoms with Crippen molar-refractivity contribution in [2.24, 2.45) is 0 Å². The first-order chi connectivity index (χ1) is 10.2. The number of alkyl halides is 3. The highest BCUT2D eigenvalue weighted by Crippen LogP contribution is 2.34. The average molecular weight is 307 g/mol. The van der Waals surface area contributed by atoms with E-state index in [0.29, 0.717) is 27.9 Å². The zero-order chi connectivity index (χ0) is 16.2. The minimum absolute atomic E-state index is 0.00748. The molecule has 1 aromatic rings. The fraction of sp³-hybridized carbons (Fsp3) is 0.250. The van der Waals surface area contributed by atoms with E-state index in [1.54, 1.807) is 20.8 Å². The van der Waals surface area contributed by atoms with Crippen LogP contribution in [0.5, 0.6) is 0 Å². The monoisotopic (exact) mass is 307 g/mol. The van der Waals surface area contributed by atoms with Crippen LogP contribution in [0.1, 0.15) is 22.3 Å². The number of nitrogens with zero attached hydrogens (tertiary/aromatic N) is 1. The van der Waals surface area contributed by atoms with Crippen molar-refractivity contribution in [2.75, 3.05) is 0 Å². The SMILES string of the molecule is Cc1c2nc3ccc(C(F)(F)F)cc3oc-2c(C)c(=O)c1C. The van der Waals surface area contributed by atoms with Gasteiger partial charge in [0.15, 0.2) is 16.8 Å². The molecule has 0 saturated carbocycles. The molecular weight excluding hydrogens is 295 g/mol. The molecule has 0 bridgehead atoms. The summed E-state index contributed by atoms with van der Waals surface area (Å²) in [7, 11) is 0. The first kappa shape index (κ1) is 14.6. The van der Waals surface area contributed by atoms with Gasteiger partial charge in [-0.3, -0.25) is 4.79 Å². The molecule has 0 atom stereocenters. The second-order valence-corrected chi connectivity index (χ2v) is 5.28. The highest BCUT2D eigenvalue weighted by molar-refractivity contribution is 5.79. The Morgan fingerprint density at radius 3 is 2.36 bits per heavy atom. The molecule has 0 fully saturated rings. The minimum atomic E-state index is -4.46. The molecule has 1 aromatic carbocycles. The molecule has 114 valence electrons. The summed E-state index contributed by atoms with van der Waals surface area (Å²) in [5.74, 6) is 0.236. The molecule has 0 spiro atoms. The van der Waals surface area contributed by atoms with Crippen LogP contribution in [0.2, 0.25) is 0 Å². The highest BCUT2D eigenvalue weighted by Gasteiger charge is 2.31. The van der Waals surface area contributed by atoms with Crippen LogP contribution < -0.4 is 5.43 Å². The summed E-state index contributed by atoms with van der Waals surface area (Å²) in [4.78, 5) is 16.5. The molecule has 0 radical (unpaired) electrons. The predicted molar refractivity (Wildman–Crippen MR) is 76.1 cm³/mol. The van der Waals surface area contributed by atoms with E-state index in [1.165, 1.54) is 6.07 Å². The first-order valence-electron chi connectivity index (χ1n) is 6.61. The predicted octanol–water partition coefficient (Wildman–Crippen LogP) is 4.24. The van der Waals surface area contributed by atoms with Gasteiger partial charge in [0.2, 0.25) is 0 Å². The number of hydrogen-bond acceptors (Lipinski definition) is 3. The van der Waals surface area contributed by atoms with Gasteiger partial charge in [0.05, 0.1) is 5.56 Å². The Hall–Kier alpha value is -2.37. The lowest BCUT2D eigenvalue weighted by Crippen LogP contribution is -2.14. The molecule has 1 aliphatic heterocycles. The van der Waals surface area contributed by atoms with E-state index in [0.717, 1.165) is 12.1 Å². The summed E-state index contributed by atoms with van der Waals surface area (Å²) < 4.78 is 43.9. The third-order valence-electron chi connectivity index (χ3n) is 3.89. The van der Waals surface area contributed by atoms with Gasteiger partial charge in [0, 0.05) is 11.1 Å². The molecule has 2 aliphatic rings. The molecule has 0 amide bonds. The zero-order valence-electron chi connectivity index (χ0n) is 12.1. The smallest absolute Gasteiger partial charge is 0.416 e. The Morgan fingerprint density at radius 1 is 1.05 bits per heavy atom. The summed E-state index contributed by atoms with van der Waals surface area (Å²) in [6, 6.07) is 3.14. The van der Waals surface area contributed by atoms with E-state index < -0.39 is 11.7 Å². The third-order valence-corrected chi connectivity index (χ3v) is 3.89. The number of benzene rings is 2. The summed E-state index contributed by atoms with van der Waals surface area (Å²) in [6.07, 6.45) is -4.46. The van der Waals surface area contributed by atoms with Crippen LogP contribution in [0.25, 0.3) is 22.6 Å². The van der Waals surface area contributed by atoms with Crippen LogP contribution in [-0.2, 0) is 6.18 Å². The van der Waals surface area contributed by atoms with E-state index in [2.05, 4.69) is 4.98 Å². The van der Waals surface area contributed by atoms with E-state index in [9.17, 15) is 18.0 Å². The molecule has 1 heterocycles. The van der Waals surface area contributed by atoms with E-state index in [4.69, 9.17) is 4.42 Å². The van der Waals surface area contributed by atoms with Gasteiger partial charge < -0.3 is 4.42 Å². The number of aromatic nitrogens is 1. The Balaban J connectivity index is 2.43. The fourth-order valence-electron chi connectivity index (χ4n) is 2.43. The van der Waals surface area contributed by atoms with E-state index in [-0.39, 0.29) is 16.8 Å². The van der Waals surface area contributed by atoms with Gasteiger partial charge in [-0.05, 0) is 44.5 Å². The summed E-state index contributed by atoms with van der Waals surface area (Å²) in [5, 5.41) is 0. The van der Waals surface area contributed by atoms with Crippen molar-refractivity contribution in [3.63, 3.8) is 0 Å². The maximum atomic E-state index is 12.8. The number of fused-ring (bicyclic) bond motifs is 2. The van der Waals surface area contributed by atoms with E-state index in [1.807, 2.05) is 0 Å². The quantitative estimate of drug-likeness (QED) is 0.584. The standard InChI is InChI=1S/C16H12F3NO2/c1-7-8(2)14(21)9(3)15-13(7)20-11-5-4-10(16(17,18)19)6-12(11)22-15/h4-6H,1-3H3. The van der Waals surface area contributed by atoms with Crippen molar-refractivity contribution >= 4 is 11.1 Å². The minimum Gasteiger partial charge on any atom is -0.452 e. The summed E-state index contributed by atoms with van der Waals surface area (Å²) in [6.45, 7) is 5.03. The first-order valence-corrected chi connectivity index (χ1v) is 6.61. The second-order valence-electron chi connectivity index (χ2n) is 5.28. The van der Waals surface area contributed by atoms with Crippen molar-refractivity contribution < 1.29 is 17.6 Å². The normalized spacial score (nSPS) is 12.3. The van der Waals surface area contributed by atoms with Gasteiger partial charge in [-0.15, -0.1) is 0 Å². The second kappa shape index (κ2) is 4.56. The van der Waals surface area contributed by atoms with Crippen LogP contribution in [-0.4, -0.2) is 4.98 Å². The van der Waals surface area contributed by atoms with Crippen LogP contribution in [0.15, 0.2) is 27.4 Å². The van der Waals surface area contributed by atoms with Crippen LogP contribution in [0.4, 0.5) is 13.2 Å². The zero-order valence-corrected chi connectivity index (χ0v) is 12.1. The average Bonchev–Trinajstić information content (AvgIpc) is 2.48. The lowest BCUT2D eigenvalue weighted by atomic mass is 9.99. The molecule has 1 aliphatic carbocycles. The topological polar surface area (TPSA) is 43.1 Å². The number of hydrogen-bond donors (Lipinski definition) is 0. The van der Waals surface area contributed by atoms with Crippen molar-refractivity contribution in [3.05, 3.63) is 50.7 Å². The molecule has 0 saturated heterocycles.